The predicted octanol–water partition coefficient (Wildman–Crippen LogP) is 4.33. The minimum Gasteiger partial charge on any atom is -0.508 e. The molecule has 1 aromatic rings. The number of rotatable bonds is 1. The number of ketones is 2. The van der Waals surface area contributed by atoms with Crippen LogP contribution in [0, 0.1) is 12.8 Å². The molecule has 0 saturated heterocycles. The molecule has 2 aliphatic carbocycles. The summed E-state index contributed by atoms with van der Waals surface area (Å²) in [5, 5.41) is 10.4. The first kappa shape index (κ1) is 15.7. The van der Waals surface area contributed by atoms with E-state index >= 15 is 0 Å². The van der Waals surface area contributed by atoms with Crippen LogP contribution in [-0.4, -0.2) is 16.7 Å². The monoisotopic (exact) mass is 310 g/mol. The van der Waals surface area contributed by atoms with E-state index in [9.17, 15) is 14.7 Å². The number of carbonyl (C=O) groups is 2. The average molecular weight is 310 g/mol. The number of Topliss-reactive ketones (excluding diaryl/α,β-unsaturated/α-hetero) is 2. The van der Waals surface area contributed by atoms with Crippen molar-refractivity contribution >= 4 is 17.1 Å². The molecule has 0 aromatic heterocycles. The van der Waals surface area contributed by atoms with E-state index in [1.54, 1.807) is 19.9 Å². The molecule has 3 nitrogen and oxygen atoms in total. The summed E-state index contributed by atoms with van der Waals surface area (Å²) >= 11 is 0. The van der Waals surface area contributed by atoms with E-state index in [0.29, 0.717) is 16.7 Å². The van der Waals surface area contributed by atoms with E-state index in [1.165, 1.54) is 5.57 Å². The molecule has 120 valence electrons. The van der Waals surface area contributed by atoms with Crippen molar-refractivity contribution in [2.45, 2.75) is 47.0 Å². The minimum absolute atomic E-state index is 0.111. The van der Waals surface area contributed by atoms with Crippen LogP contribution in [0.3, 0.4) is 0 Å². The Hall–Kier alpha value is -2.16. The average Bonchev–Trinajstić information content (AvgIpc) is 2.43. The third kappa shape index (κ3) is 2.18. The highest BCUT2D eigenvalue weighted by Gasteiger charge is 2.41. The number of carbonyl (C=O) groups excluding carboxylic acids is 2. The normalized spacial score (nSPS) is 23.0. The standard InChI is InChI=1S/C20H22O3/c1-9(2)6-13-7-10(3)15-14(21)8-11(4)16-18(15)17(13)12(5)19(22)20(16)23/h6,8,10,13,21H,7H2,1-5H3. The van der Waals surface area contributed by atoms with Crippen molar-refractivity contribution in [2.24, 2.45) is 5.92 Å². The van der Waals surface area contributed by atoms with Gasteiger partial charge in [-0.25, -0.2) is 0 Å². The number of allylic oxidation sites excluding steroid dienone is 4. The fraction of sp³-hybridized carbons (Fsp3) is 0.400. The van der Waals surface area contributed by atoms with E-state index in [4.69, 9.17) is 0 Å². The van der Waals surface area contributed by atoms with Gasteiger partial charge in [-0.15, -0.1) is 0 Å². The summed E-state index contributed by atoms with van der Waals surface area (Å²) in [5.41, 5.74) is 5.44. The molecule has 2 aliphatic rings. The summed E-state index contributed by atoms with van der Waals surface area (Å²) in [7, 11) is 0. The van der Waals surface area contributed by atoms with Gasteiger partial charge in [-0.3, -0.25) is 9.59 Å². The smallest absolute Gasteiger partial charge is 0.234 e. The summed E-state index contributed by atoms with van der Waals surface area (Å²) in [5.74, 6) is -0.363. The van der Waals surface area contributed by atoms with E-state index in [0.717, 1.165) is 23.1 Å². The van der Waals surface area contributed by atoms with E-state index in [-0.39, 0.29) is 17.6 Å². The molecule has 0 spiro atoms. The molecular weight excluding hydrogens is 288 g/mol. The predicted molar refractivity (Wildman–Crippen MR) is 90.7 cm³/mol. The second kappa shape index (κ2) is 5.19. The summed E-state index contributed by atoms with van der Waals surface area (Å²) in [6.07, 6.45) is 3.01. The molecule has 3 rings (SSSR count). The summed E-state index contributed by atoms with van der Waals surface area (Å²) in [4.78, 5) is 25.0. The Morgan fingerprint density at radius 1 is 1.17 bits per heavy atom. The topological polar surface area (TPSA) is 54.4 Å². The van der Waals surface area contributed by atoms with Crippen LogP contribution < -0.4 is 0 Å². The second-order valence-electron chi connectivity index (χ2n) is 7.06. The van der Waals surface area contributed by atoms with Crippen LogP contribution in [0.2, 0.25) is 0 Å². The highest BCUT2D eigenvalue weighted by atomic mass is 16.3. The molecule has 0 heterocycles. The van der Waals surface area contributed by atoms with E-state index in [2.05, 4.69) is 13.0 Å². The molecule has 2 unspecified atom stereocenters. The van der Waals surface area contributed by atoms with Gasteiger partial charge in [0.1, 0.15) is 5.75 Å². The Balaban J connectivity index is 2.44. The van der Waals surface area contributed by atoms with Crippen LogP contribution >= 0.6 is 0 Å². The molecule has 3 heteroatoms. The zero-order valence-electron chi connectivity index (χ0n) is 14.3. The Morgan fingerprint density at radius 2 is 1.83 bits per heavy atom. The first-order chi connectivity index (χ1) is 10.7. The lowest BCUT2D eigenvalue weighted by atomic mass is 9.66. The Kier molecular flexibility index (Phi) is 3.55. The van der Waals surface area contributed by atoms with Crippen molar-refractivity contribution in [1.82, 2.24) is 0 Å². The molecule has 0 radical (unpaired) electrons. The lowest BCUT2D eigenvalue weighted by Crippen LogP contribution is -2.30. The van der Waals surface area contributed by atoms with Gasteiger partial charge in [-0.1, -0.05) is 18.6 Å². The van der Waals surface area contributed by atoms with Crippen LogP contribution in [0.4, 0.5) is 0 Å². The van der Waals surface area contributed by atoms with Crippen molar-refractivity contribution in [3.8, 4) is 5.75 Å². The van der Waals surface area contributed by atoms with Gasteiger partial charge in [0.15, 0.2) is 0 Å². The van der Waals surface area contributed by atoms with Gasteiger partial charge in [-0.05, 0) is 62.8 Å². The summed E-state index contributed by atoms with van der Waals surface area (Å²) < 4.78 is 0. The Morgan fingerprint density at radius 3 is 2.43 bits per heavy atom. The van der Waals surface area contributed by atoms with Crippen molar-refractivity contribution in [1.29, 1.82) is 0 Å². The lowest BCUT2D eigenvalue weighted by Gasteiger charge is -2.36. The zero-order valence-corrected chi connectivity index (χ0v) is 14.3. The minimum atomic E-state index is -0.440. The number of hydrogen-bond donors (Lipinski definition) is 1. The highest BCUT2D eigenvalue weighted by Crippen LogP contribution is 2.51. The third-order valence-corrected chi connectivity index (χ3v) is 5.00. The van der Waals surface area contributed by atoms with Gasteiger partial charge in [0.25, 0.3) is 0 Å². The molecule has 23 heavy (non-hydrogen) atoms. The molecule has 2 atom stereocenters. The van der Waals surface area contributed by atoms with Crippen molar-refractivity contribution < 1.29 is 14.7 Å². The lowest BCUT2D eigenvalue weighted by molar-refractivity contribution is -0.111. The zero-order chi connectivity index (χ0) is 17.0. The number of benzene rings is 1. The SMILES string of the molecule is CC(C)=CC1CC(C)c2c(O)cc(C)c3c2C1=C(C)C(=O)C3=O. The van der Waals surface area contributed by atoms with Crippen LogP contribution in [0.5, 0.6) is 5.75 Å². The second-order valence-corrected chi connectivity index (χ2v) is 7.06. The number of phenols is 1. The van der Waals surface area contributed by atoms with Gasteiger partial charge in [0, 0.05) is 22.6 Å². The first-order valence-corrected chi connectivity index (χ1v) is 8.05. The number of hydrogen-bond acceptors (Lipinski definition) is 3. The van der Waals surface area contributed by atoms with Gasteiger partial charge in [0.05, 0.1) is 0 Å². The van der Waals surface area contributed by atoms with E-state index < -0.39 is 11.6 Å². The summed E-state index contributed by atoms with van der Waals surface area (Å²) in [6, 6.07) is 1.62. The largest absolute Gasteiger partial charge is 0.508 e. The van der Waals surface area contributed by atoms with Crippen molar-refractivity contribution in [3.63, 3.8) is 0 Å². The van der Waals surface area contributed by atoms with Crippen LogP contribution in [0.15, 0.2) is 23.3 Å². The summed E-state index contributed by atoms with van der Waals surface area (Å²) in [6.45, 7) is 9.68. The van der Waals surface area contributed by atoms with Crippen molar-refractivity contribution in [3.05, 3.63) is 45.5 Å². The Bertz CT molecular complexity index is 805. The maximum atomic E-state index is 12.6. The number of aromatic hydroxyl groups is 1. The van der Waals surface area contributed by atoms with Gasteiger partial charge >= 0.3 is 0 Å². The van der Waals surface area contributed by atoms with Crippen LogP contribution in [-0.2, 0) is 4.79 Å². The molecule has 0 aliphatic heterocycles. The number of phenolic OH excluding ortho intramolecular Hbond substituents is 1. The molecule has 0 saturated carbocycles. The molecule has 0 bridgehead atoms. The maximum Gasteiger partial charge on any atom is 0.234 e. The van der Waals surface area contributed by atoms with Gasteiger partial charge in [0.2, 0.25) is 11.6 Å². The van der Waals surface area contributed by atoms with Gasteiger partial charge in [-0.2, -0.15) is 0 Å². The highest BCUT2D eigenvalue weighted by molar-refractivity contribution is 6.52. The molecule has 1 N–H and O–H groups in total. The Labute approximate surface area is 136 Å². The molecule has 0 amide bonds. The third-order valence-electron chi connectivity index (χ3n) is 5.00. The molecule has 1 aromatic carbocycles. The first-order valence-electron chi connectivity index (χ1n) is 8.05. The molecule has 0 fully saturated rings. The fourth-order valence-electron chi connectivity index (χ4n) is 4.11. The van der Waals surface area contributed by atoms with Crippen LogP contribution in [0.1, 0.15) is 67.1 Å². The fourth-order valence-corrected chi connectivity index (χ4v) is 4.11. The van der Waals surface area contributed by atoms with Gasteiger partial charge < -0.3 is 5.11 Å². The number of aryl methyl sites for hydroxylation is 1. The molecular formula is C20H22O3. The maximum absolute atomic E-state index is 12.6. The van der Waals surface area contributed by atoms with Crippen LogP contribution in [0.25, 0.3) is 5.57 Å². The quantitative estimate of drug-likeness (QED) is 0.620. The van der Waals surface area contributed by atoms with E-state index in [1.807, 2.05) is 13.8 Å². The van der Waals surface area contributed by atoms with Crippen molar-refractivity contribution in [2.75, 3.05) is 0 Å².